The SMILES string of the molecule is CC[C@H]1C(=O)N2C(C(=O)[O-])=C(S/C=C/NC(C)=O)C[C@H]12.[Na+]. The summed E-state index contributed by atoms with van der Waals surface area (Å²) in [5.74, 6) is -1.77. The largest absolute Gasteiger partial charge is 1.00 e. The number of carboxylic acid groups (broad SMARTS) is 1. The third-order valence-electron chi connectivity index (χ3n) is 3.45. The van der Waals surface area contributed by atoms with Crippen LogP contribution in [0.5, 0.6) is 0 Å². The molecule has 2 heterocycles. The predicted octanol–water partition coefficient (Wildman–Crippen LogP) is -3.07. The van der Waals surface area contributed by atoms with E-state index in [0.29, 0.717) is 17.7 Å². The number of nitrogens with one attached hydrogen (secondary N) is 1. The maximum atomic E-state index is 11.9. The van der Waals surface area contributed by atoms with Crippen LogP contribution in [0.2, 0.25) is 0 Å². The molecule has 21 heavy (non-hydrogen) atoms. The first kappa shape index (κ1) is 18.3. The van der Waals surface area contributed by atoms with E-state index in [4.69, 9.17) is 0 Å². The van der Waals surface area contributed by atoms with Gasteiger partial charge in [-0.05, 0) is 11.8 Å². The molecule has 0 unspecified atom stereocenters. The molecule has 0 aromatic carbocycles. The van der Waals surface area contributed by atoms with Crippen molar-refractivity contribution in [1.29, 1.82) is 0 Å². The minimum absolute atomic E-state index is 0. The molecule has 2 aliphatic rings. The summed E-state index contributed by atoms with van der Waals surface area (Å²) in [7, 11) is 0. The first-order valence-electron chi connectivity index (χ1n) is 6.33. The molecule has 2 atom stereocenters. The fourth-order valence-corrected chi connectivity index (χ4v) is 3.43. The number of rotatable bonds is 5. The molecule has 0 bridgehead atoms. The van der Waals surface area contributed by atoms with Gasteiger partial charge in [0.25, 0.3) is 0 Å². The van der Waals surface area contributed by atoms with E-state index in [2.05, 4.69) is 5.32 Å². The van der Waals surface area contributed by atoms with Gasteiger partial charge < -0.3 is 20.1 Å². The summed E-state index contributed by atoms with van der Waals surface area (Å²) < 4.78 is 0. The third-order valence-corrected chi connectivity index (χ3v) is 4.37. The molecule has 0 aliphatic carbocycles. The summed E-state index contributed by atoms with van der Waals surface area (Å²) >= 11 is 1.19. The molecule has 1 fully saturated rings. The van der Waals surface area contributed by atoms with Gasteiger partial charge in [0.2, 0.25) is 11.8 Å². The van der Waals surface area contributed by atoms with Crippen molar-refractivity contribution in [3.8, 4) is 0 Å². The Morgan fingerprint density at radius 2 is 2.19 bits per heavy atom. The summed E-state index contributed by atoms with van der Waals surface area (Å²) in [5, 5.41) is 15.3. The number of β-lactam (4-membered cyclic amide) rings is 1. The number of hydrogen-bond donors (Lipinski definition) is 1. The van der Waals surface area contributed by atoms with Crippen molar-refractivity contribution in [2.24, 2.45) is 5.92 Å². The summed E-state index contributed by atoms with van der Waals surface area (Å²) in [4.78, 5) is 35.7. The Labute approximate surface area is 149 Å². The molecule has 0 aromatic heterocycles. The minimum Gasteiger partial charge on any atom is -0.543 e. The zero-order chi connectivity index (χ0) is 14.9. The second kappa shape index (κ2) is 7.49. The summed E-state index contributed by atoms with van der Waals surface area (Å²) in [6.07, 6.45) is 2.68. The monoisotopic (exact) mass is 318 g/mol. The molecule has 0 saturated carbocycles. The molecule has 2 rings (SSSR count). The van der Waals surface area contributed by atoms with Crippen molar-refractivity contribution in [3.63, 3.8) is 0 Å². The van der Waals surface area contributed by atoms with Gasteiger partial charge in [-0.3, -0.25) is 9.59 Å². The van der Waals surface area contributed by atoms with E-state index >= 15 is 0 Å². The van der Waals surface area contributed by atoms with Gasteiger partial charge in [-0.25, -0.2) is 0 Å². The number of carboxylic acids is 1. The molecule has 1 saturated heterocycles. The van der Waals surface area contributed by atoms with Crippen molar-refractivity contribution >= 4 is 29.5 Å². The Morgan fingerprint density at radius 3 is 2.71 bits per heavy atom. The summed E-state index contributed by atoms with van der Waals surface area (Å²) in [6.45, 7) is 3.30. The molecule has 8 heteroatoms. The number of thioether (sulfide) groups is 1. The molecule has 0 spiro atoms. The van der Waals surface area contributed by atoms with Gasteiger partial charge in [-0.1, -0.05) is 18.7 Å². The number of hydrogen-bond acceptors (Lipinski definition) is 5. The quantitative estimate of drug-likeness (QED) is 0.429. The van der Waals surface area contributed by atoms with E-state index in [1.165, 1.54) is 29.8 Å². The van der Waals surface area contributed by atoms with Gasteiger partial charge in [0, 0.05) is 24.4 Å². The molecule has 108 valence electrons. The first-order chi connectivity index (χ1) is 9.47. The number of aliphatic carboxylic acids is 1. The molecule has 2 aliphatic heterocycles. The predicted molar refractivity (Wildman–Crippen MR) is 71.6 cm³/mol. The number of carbonyl (C=O) groups is 3. The maximum Gasteiger partial charge on any atom is 1.00 e. The van der Waals surface area contributed by atoms with Gasteiger partial charge in [0.15, 0.2) is 0 Å². The Balaban J connectivity index is 0.00000220. The number of nitrogens with zero attached hydrogens (tertiary/aromatic N) is 1. The second-order valence-corrected chi connectivity index (χ2v) is 5.68. The fraction of sp³-hybridized carbons (Fsp3) is 0.462. The Kier molecular flexibility index (Phi) is 6.52. The van der Waals surface area contributed by atoms with Crippen LogP contribution in [0.1, 0.15) is 26.7 Å². The molecule has 2 amide bonds. The van der Waals surface area contributed by atoms with E-state index in [0.717, 1.165) is 0 Å². The van der Waals surface area contributed by atoms with Gasteiger partial charge >= 0.3 is 29.6 Å². The van der Waals surface area contributed by atoms with E-state index in [-0.39, 0.29) is 59.0 Å². The van der Waals surface area contributed by atoms with E-state index in [1.807, 2.05) is 6.92 Å². The van der Waals surface area contributed by atoms with Crippen LogP contribution >= 0.6 is 11.8 Å². The molecular formula is C13H15N2NaO4S. The average molecular weight is 318 g/mol. The molecule has 0 radical (unpaired) electrons. The van der Waals surface area contributed by atoms with Gasteiger partial charge in [0.05, 0.1) is 23.6 Å². The van der Waals surface area contributed by atoms with Crippen molar-refractivity contribution in [2.45, 2.75) is 32.7 Å². The van der Waals surface area contributed by atoms with Gasteiger partial charge in [-0.15, -0.1) is 0 Å². The van der Waals surface area contributed by atoms with Crippen LogP contribution in [-0.2, 0) is 14.4 Å². The first-order valence-corrected chi connectivity index (χ1v) is 7.21. The van der Waals surface area contributed by atoms with Crippen LogP contribution in [0, 0.1) is 5.92 Å². The fourth-order valence-electron chi connectivity index (χ4n) is 2.57. The van der Waals surface area contributed by atoms with Crippen molar-refractivity contribution < 1.29 is 49.0 Å². The van der Waals surface area contributed by atoms with Crippen molar-refractivity contribution in [1.82, 2.24) is 10.2 Å². The normalized spacial score (nSPS) is 23.7. The smallest absolute Gasteiger partial charge is 0.543 e. The standard InChI is InChI=1S/C13H16N2O4S.Na/c1-3-8-9-6-10(20-5-4-14-7(2)16)11(13(18)19)15(9)12(8)17;/h4-5,8-9H,3,6H2,1-2H3,(H,14,16)(H,18,19);/q;+1/p-1/b5-4+;/t8-,9-;/m1./s1. The van der Waals surface area contributed by atoms with Crippen LogP contribution in [0.25, 0.3) is 0 Å². The van der Waals surface area contributed by atoms with Crippen molar-refractivity contribution in [3.05, 3.63) is 22.2 Å². The molecule has 6 nitrogen and oxygen atoms in total. The summed E-state index contributed by atoms with van der Waals surface area (Å²) in [5.41, 5.74) is -0.0258. The number of carbonyl (C=O) groups excluding carboxylic acids is 3. The summed E-state index contributed by atoms with van der Waals surface area (Å²) in [6, 6.07) is -0.0583. The molecule has 1 N–H and O–H groups in total. The Morgan fingerprint density at radius 1 is 1.52 bits per heavy atom. The van der Waals surface area contributed by atoms with Crippen molar-refractivity contribution in [2.75, 3.05) is 0 Å². The average Bonchev–Trinajstić information content (AvgIpc) is 2.70. The zero-order valence-corrected chi connectivity index (χ0v) is 15.0. The van der Waals surface area contributed by atoms with Gasteiger partial charge in [-0.2, -0.15) is 0 Å². The minimum atomic E-state index is -1.33. The second-order valence-electron chi connectivity index (χ2n) is 4.67. The van der Waals surface area contributed by atoms with E-state index in [1.54, 1.807) is 5.41 Å². The van der Waals surface area contributed by atoms with Gasteiger partial charge in [0.1, 0.15) is 0 Å². The zero-order valence-electron chi connectivity index (χ0n) is 12.2. The number of amides is 2. The van der Waals surface area contributed by atoms with Crippen LogP contribution in [-0.4, -0.2) is 28.7 Å². The van der Waals surface area contributed by atoms with E-state index in [9.17, 15) is 19.5 Å². The van der Waals surface area contributed by atoms with Crippen LogP contribution in [0.3, 0.4) is 0 Å². The molecule has 0 aromatic rings. The van der Waals surface area contributed by atoms with Crippen LogP contribution < -0.4 is 40.0 Å². The Bertz CT molecular complexity index is 532. The molecular weight excluding hydrogens is 303 g/mol. The number of fused-ring (bicyclic) bond motifs is 1. The third kappa shape index (κ3) is 3.53. The van der Waals surface area contributed by atoms with Crippen LogP contribution in [0.4, 0.5) is 0 Å². The van der Waals surface area contributed by atoms with Crippen LogP contribution in [0.15, 0.2) is 22.2 Å². The Hall–Kier alpha value is -0.760. The topological polar surface area (TPSA) is 89.5 Å². The maximum absolute atomic E-state index is 11.9. The van der Waals surface area contributed by atoms with E-state index < -0.39 is 5.97 Å².